The van der Waals surface area contributed by atoms with Gasteiger partial charge < -0.3 is 41.3 Å². The Bertz CT molecular complexity index is 7960. The van der Waals surface area contributed by atoms with Gasteiger partial charge in [0.15, 0.2) is 28.2 Å². The summed E-state index contributed by atoms with van der Waals surface area (Å²) in [4.78, 5) is 18.0. The molecule has 68 heteroatoms. The fraction of sp³-hybridized carbons (Fsp3) is 0.0513. The zero-order valence-electron chi connectivity index (χ0n) is 69.0. The highest BCUT2D eigenvalue weighted by molar-refractivity contribution is 14.1. The molecule has 0 aliphatic rings. The number of halogens is 34. The molecule has 0 heterocycles. The van der Waals surface area contributed by atoms with E-state index in [-0.39, 0.29) is 46.3 Å². The number of anilines is 2. The van der Waals surface area contributed by atoms with E-state index in [1.54, 1.807) is 102 Å². The van der Waals surface area contributed by atoms with Gasteiger partial charge in [0.25, 0.3) is 50.1 Å². The van der Waals surface area contributed by atoms with E-state index in [0.29, 0.717) is 65.0 Å². The molecule has 11 aromatic carbocycles. The van der Waals surface area contributed by atoms with Gasteiger partial charge in [-0.15, -0.1) is 0 Å². The van der Waals surface area contributed by atoms with Gasteiger partial charge in [-0.2, -0.15) is 103 Å². The molecule has 0 fully saturated rings. The molecular formula is C78H32F16I18N8O20S6-6. The molecule has 0 aromatic heterocycles. The van der Waals surface area contributed by atoms with Crippen LogP contribution < -0.4 is 41.3 Å². The largest absolute Gasteiger partial charge is 0.858 e. The number of hydrogen-bond acceptors (Lipinski definition) is 20. The molecule has 0 saturated heterocycles. The number of carbonyl (C=O) groups excluding carboxylic acids is 2. The van der Waals surface area contributed by atoms with Crippen LogP contribution in [0.15, 0.2) is 196 Å². The molecule has 11 aromatic rings. The number of nitrogens with one attached hydrogen (secondary N) is 2. The molecule has 28 nitrogen and oxygen atoms in total. The number of sulfonamides is 6. The molecule has 146 heavy (non-hydrogen) atoms. The van der Waals surface area contributed by atoms with Gasteiger partial charge in [-0.05, 0) is 528 Å². The van der Waals surface area contributed by atoms with E-state index in [1.807, 2.05) is 341 Å². The van der Waals surface area contributed by atoms with Crippen molar-refractivity contribution in [2.24, 2.45) is 26.4 Å². The van der Waals surface area contributed by atoms with E-state index in [4.69, 9.17) is 0 Å². The molecular weight excluding hydrogens is 4150 g/mol. The van der Waals surface area contributed by atoms with Gasteiger partial charge in [0.1, 0.15) is 38.9 Å². The van der Waals surface area contributed by atoms with E-state index in [9.17, 15) is 161 Å². The molecule has 11 rings (SSSR count). The van der Waals surface area contributed by atoms with Crippen molar-refractivity contribution in [3.05, 3.63) is 307 Å². The van der Waals surface area contributed by atoms with Crippen LogP contribution in [0, 0.1) is 122 Å². The van der Waals surface area contributed by atoms with Crippen LogP contribution in [0.5, 0.6) is 0 Å². The summed E-state index contributed by atoms with van der Waals surface area (Å²) in [5.41, 5.74) is -6.87. The number of amides is 2. The van der Waals surface area contributed by atoms with Crippen LogP contribution in [0.2, 0.25) is 0 Å². The molecule has 0 aliphatic heterocycles. The van der Waals surface area contributed by atoms with Gasteiger partial charge >= 0.3 is 21.7 Å². The summed E-state index contributed by atoms with van der Waals surface area (Å²) in [7, 11) is -29.5. The number of hydrogen-bond donors (Lipinski definition) is 2. The third-order valence-corrected chi connectivity index (χ3v) is 45.0. The molecule has 0 bridgehead atoms. The van der Waals surface area contributed by atoms with Crippen molar-refractivity contribution in [2.45, 2.75) is 50.0 Å². The monoisotopic (exact) mass is 4180 g/mol. The van der Waals surface area contributed by atoms with E-state index in [2.05, 4.69) is 37.0 Å². The van der Waals surface area contributed by atoms with Crippen molar-refractivity contribution in [3.63, 3.8) is 0 Å². The smallest absolute Gasteiger partial charge is 0.518 e. The first kappa shape index (κ1) is 134. The summed E-state index contributed by atoms with van der Waals surface area (Å²) >= 11 is 34.1. The second-order valence-electron chi connectivity index (χ2n) is 26.4. The van der Waals surface area contributed by atoms with Crippen LogP contribution in [-0.4, -0.2) is 103 Å². The molecule has 0 unspecified atom stereocenters. The van der Waals surface area contributed by atoms with Crippen molar-refractivity contribution in [1.29, 1.82) is 0 Å². The Labute approximate surface area is 1060 Å². The first-order valence-corrected chi connectivity index (χ1v) is 63.9. The molecule has 0 radical (unpaired) electrons. The Morgan fingerprint density at radius 3 is 0.890 bits per heavy atom. The minimum absolute atomic E-state index is 0.0239. The molecule has 0 aliphatic carbocycles. The molecule has 2 amide bonds. The first-order chi connectivity index (χ1) is 66.8. The number of benzene rings is 11. The maximum atomic E-state index is 13.7. The van der Waals surface area contributed by atoms with E-state index >= 15 is 0 Å². The highest BCUT2D eigenvalue weighted by atomic mass is 127. The SMILES string of the molecule is CC(=O)Nc1c(I)c(NC(C)=O)c(I)c(C([O-])=NS(=O)(=O)C(F)(F)F)c1I.O=S(=O)(N=C([O-])c1cc(I)cc(I)c1I)c1c(F)c(F)c(F)c(F)c1F.O=S(=O)(N=C([O-])c1cc(I)cc(I)c1I)c1cc(F)cc(F)c1.O=S(=O)(N=C([O-])c1cc(I)cc(I)c1I)c1ccc(C(F)(F)F)cc1.O=S(=O)(N=C([O-])c1cc(I)cc(I)c1I)c1ccc(F)cc1F.O=S(=O)(N=C([O-])c1cc(I)cc(I)c1I)c1ccccc1F. The standard InChI is InChI=1S/C14H7F3I3NO3S.C13H3F5I3NO3S.2C13H6F2I3NO3S.C13H7FI3NO3S.C12H9F3I3N3O5S/c15-14(16,17)7-1-3-9(4-2-7)25(23,24)21-13(22)10-5-8(18)6-11(19)12(10)20;14-6-7(15)9(17)12(10(18)8(6)16)26(24,25)22-13(23)4-1-3(19)2-5(20)11(4)21;14-6-1-7(15)3-9(2-6)23(21,22)19-13(20)10-4-8(16)5-11(17)12(10)18;14-6-1-2-11(9(15)3-6)23(21,22)19-13(20)8-4-7(16)5-10(17)12(8)18;14-9-3-1-2-4-11(9)22(20,21)18-13(19)8-5-7(15)6-10(16)12(8)17;1-3(22)19-9-6(16)5(7(17)10(8(9)18)20-4(2)23)11(24)21-27(25,26)12(13,14)15/h1-6H,(H,21,22);1-2H,(H,22,23);2*1-5H,(H,19,20);1-6H,(H,18,19);1-2H3,(H,19,22)(H,20,23)(H,21,24)/p-6. The number of rotatable bonds is 19. The number of carbonyl (C=O) groups is 2. The Balaban J connectivity index is 0.000000268. The van der Waals surface area contributed by atoms with Crippen molar-refractivity contribution in [1.82, 2.24) is 0 Å². The number of alkyl halides is 6. The number of nitrogens with zero attached hydrogens (tertiary/aromatic N) is 6. The zero-order chi connectivity index (χ0) is 111. The first-order valence-electron chi connectivity index (χ1n) is 35.9. The highest BCUT2D eigenvalue weighted by Gasteiger charge is 2.46. The van der Waals surface area contributed by atoms with Gasteiger partial charge in [0.2, 0.25) is 17.6 Å². The Morgan fingerprint density at radius 2 is 0.589 bits per heavy atom. The van der Waals surface area contributed by atoms with Crippen LogP contribution in [0.25, 0.3) is 0 Å². The lowest BCUT2D eigenvalue weighted by Gasteiger charge is -2.22. The lowest BCUT2D eigenvalue weighted by atomic mass is 10.1. The van der Waals surface area contributed by atoms with E-state index < -0.39 is 213 Å². The summed E-state index contributed by atoms with van der Waals surface area (Å²) in [6, 6.07) is 27.6. The van der Waals surface area contributed by atoms with E-state index in [0.717, 1.165) is 78.8 Å². The predicted octanol–water partition coefficient (Wildman–Crippen LogP) is 19.8. The quantitative estimate of drug-likeness (QED) is 0.0190. The van der Waals surface area contributed by atoms with Gasteiger partial charge in [0, 0.05) is 155 Å². The second-order valence-corrected chi connectivity index (χ2v) is 56.5. The van der Waals surface area contributed by atoms with Crippen molar-refractivity contribution in [3.8, 4) is 0 Å². The summed E-state index contributed by atoms with van der Waals surface area (Å²) < 4.78 is 379. The molecule has 0 spiro atoms. The highest BCUT2D eigenvalue weighted by Crippen LogP contribution is 2.41. The van der Waals surface area contributed by atoms with Crippen LogP contribution >= 0.6 is 407 Å². The Hall–Kier alpha value is -1.10. The maximum Gasteiger partial charge on any atom is 0.518 e. The van der Waals surface area contributed by atoms with Crippen LogP contribution in [-0.2, 0) is 75.9 Å². The molecule has 0 atom stereocenters. The lowest BCUT2D eigenvalue weighted by Crippen LogP contribution is -2.29. The zero-order valence-corrected chi connectivity index (χ0v) is 113. The van der Waals surface area contributed by atoms with Crippen molar-refractivity contribution >= 4 is 525 Å². The van der Waals surface area contributed by atoms with E-state index in [1.165, 1.54) is 36.4 Å². The maximum absolute atomic E-state index is 13.7. The van der Waals surface area contributed by atoms with Crippen molar-refractivity contribution < 1.29 is 161 Å². The summed E-state index contributed by atoms with van der Waals surface area (Å²) in [6.07, 6.45) is -4.58. The van der Waals surface area contributed by atoms with Gasteiger partial charge in [-0.1, -0.05) is 12.1 Å². The summed E-state index contributed by atoms with van der Waals surface area (Å²) in [5.74, 6) is -26.0. The molecule has 0 saturated carbocycles. The summed E-state index contributed by atoms with van der Waals surface area (Å²) in [6.45, 7) is 2.31. The average molecular weight is 4180 g/mol. The van der Waals surface area contributed by atoms with Gasteiger partial charge in [-0.25, -0.2) is 43.9 Å². The van der Waals surface area contributed by atoms with Crippen LogP contribution in [0.1, 0.15) is 52.8 Å². The van der Waals surface area contributed by atoms with Crippen LogP contribution in [0.4, 0.5) is 81.6 Å². The Kier molecular flexibility index (Phi) is 51.3. The normalized spacial score (nSPS) is 12.6. The summed E-state index contributed by atoms with van der Waals surface area (Å²) in [5, 5.41) is 78.0. The fourth-order valence-corrected chi connectivity index (χ4v) is 31.2. The third kappa shape index (κ3) is 36.7. The van der Waals surface area contributed by atoms with Gasteiger partial charge in [-0.3, -0.25) is 9.59 Å². The minimum Gasteiger partial charge on any atom is -0.858 e. The van der Waals surface area contributed by atoms with Crippen LogP contribution in [0.3, 0.4) is 0 Å². The molecule has 2 N–H and O–H groups in total. The molecule has 784 valence electrons. The van der Waals surface area contributed by atoms with Gasteiger partial charge in [0.05, 0.1) is 30.3 Å². The van der Waals surface area contributed by atoms with Crippen molar-refractivity contribution in [2.75, 3.05) is 10.6 Å². The lowest BCUT2D eigenvalue weighted by molar-refractivity contribution is -0.213. The Morgan fingerprint density at radius 1 is 0.295 bits per heavy atom. The second kappa shape index (κ2) is 56.1. The topological polar surface area (TPSA) is 476 Å². The fourth-order valence-electron chi connectivity index (χ4n) is 9.87. The predicted molar refractivity (Wildman–Crippen MR) is 643 cm³/mol. The third-order valence-electron chi connectivity index (χ3n) is 16.1. The minimum atomic E-state index is -6.07. The average Bonchev–Trinajstić information content (AvgIpc) is 0.762.